The van der Waals surface area contributed by atoms with E-state index in [-0.39, 0.29) is 17.7 Å². The Morgan fingerprint density at radius 3 is 2.53 bits per heavy atom. The number of furan rings is 1. The molecule has 0 atom stereocenters. The highest BCUT2D eigenvalue weighted by Crippen LogP contribution is 2.31. The summed E-state index contributed by atoms with van der Waals surface area (Å²) in [6.07, 6.45) is 4.41. The minimum absolute atomic E-state index is 0.0780. The highest BCUT2D eigenvalue weighted by Gasteiger charge is 2.34. The Labute approximate surface area is 112 Å². The van der Waals surface area contributed by atoms with Gasteiger partial charge in [-0.15, -0.1) is 0 Å². The lowest BCUT2D eigenvalue weighted by Crippen LogP contribution is -2.37. The van der Waals surface area contributed by atoms with Crippen molar-refractivity contribution < 1.29 is 14.0 Å². The Morgan fingerprint density at radius 1 is 1.11 bits per heavy atom. The van der Waals surface area contributed by atoms with Gasteiger partial charge in [0.15, 0.2) is 5.76 Å². The van der Waals surface area contributed by atoms with Gasteiger partial charge in [-0.3, -0.25) is 9.59 Å². The Balaban J connectivity index is 1.61. The molecule has 1 aliphatic carbocycles. The van der Waals surface area contributed by atoms with Crippen LogP contribution in [0, 0.1) is 5.92 Å². The molecule has 0 bridgehead atoms. The normalized spacial score (nSPS) is 20.2. The summed E-state index contributed by atoms with van der Waals surface area (Å²) in [6, 6.07) is 3.40. The van der Waals surface area contributed by atoms with Crippen LogP contribution in [0.15, 0.2) is 22.8 Å². The van der Waals surface area contributed by atoms with Gasteiger partial charge >= 0.3 is 0 Å². The molecule has 1 saturated heterocycles. The van der Waals surface area contributed by atoms with E-state index in [1.807, 2.05) is 4.90 Å². The highest BCUT2D eigenvalue weighted by atomic mass is 16.3. The predicted octanol–water partition coefficient (Wildman–Crippen LogP) is 1.36. The molecule has 1 aromatic heterocycles. The van der Waals surface area contributed by atoms with Crippen molar-refractivity contribution in [2.24, 2.45) is 5.92 Å². The predicted molar refractivity (Wildman–Crippen MR) is 68.5 cm³/mol. The number of carbonyl (C=O) groups is 2. The van der Waals surface area contributed by atoms with Crippen LogP contribution in [0.25, 0.3) is 0 Å². The maximum Gasteiger partial charge on any atom is 0.289 e. The van der Waals surface area contributed by atoms with E-state index in [0.717, 1.165) is 25.8 Å². The Morgan fingerprint density at radius 2 is 1.84 bits per heavy atom. The SMILES string of the molecule is O=C(c1ccco1)N1CCCN(C(=O)C2CC2)CC1. The average molecular weight is 262 g/mol. The first-order chi connectivity index (χ1) is 9.25. The number of nitrogens with zero attached hydrogens (tertiary/aromatic N) is 2. The minimum atomic E-state index is -0.0780. The van der Waals surface area contributed by atoms with Crippen molar-refractivity contribution in [3.63, 3.8) is 0 Å². The van der Waals surface area contributed by atoms with Crippen LogP contribution >= 0.6 is 0 Å². The lowest BCUT2D eigenvalue weighted by Gasteiger charge is -2.21. The van der Waals surface area contributed by atoms with Gasteiger partial charge in [0.2, 0.25) is 5.91 Å². The fourth-order valence-corrected chi connectivity index (χ4v) is 2.49. The van der Waals surface area contributed by atoms with Gasteiger partial charge in [-0.25, -0.2) is 0 Å². The number of hydrogen-bond acceptors (Lipinski definition) is 3. The molecule has 1 aliphatic heterocycles. The summed E-state index contributed by atoms with van der Waals surface area (Å²) >= 11 is 0. The first-order valence-electron chi connectivity index (χ1n) is 6.87. The van der Waals surface area contributed by atoms with Crippen molar-refractivity contribution >= 4 is 11.8 Å². The molecule has 2 amide bonds. The fraction of sp³-hybridized carbons (Fsp3) is 0.571. The minimum Gasteiger partial charge on any atom is -0.459 e. The zero-order valence-electron chi connectivity index (χ0n) is 10.9. The van der Waals surface area contributed by atoms with E-state index < -0.39 is 0 Å². The number of rotatable bonds is 2. The summed E-state index contributed by atoms with van der Waals surface area (Å²) in [5.41, 5.74) is 0. The maximum atomic E-state index is 12.2. The summed E-state index contributed by atoms with van der Waals surface area (Å²) in [4.78, 5) is 27.9. The van der Waals surface area contributed by atoms with Crippen LogP contribution in [0.1, 0.15) is 29.8 Å². The molecule has 3 rings (SSSR count). The van der Waals surface area contributed by atoms with Crippen molar-refractivity contribution in [1.82, 2.24) is 9.80 Å². The number of amides is 2. The van der Waals surface area contributed by atoms with Crippen LogP contribution in [0.2, 0.25) is 0 Å². The van der Waals surface area contributed by atoms with Crippen molar-refractivity contribution in [2.75, 3.05) is 26.2 Å². The molecule has 1 aromatic rings. The Hall–Kier alpha value is -1.78. The van der Waals surface area contributed by atoms with Crippen LogP contribution in [0.4, 0.5) is 0 Å². The molecule has 5 heteroatoms. The van der Waals surface area contributed by atoms with Crippen LogP contribution in [-0.4, -0.2) is 47.8 Å². The van der Waals surface area contributed by atoms with Crippen molar-refractivity contribution in [3.05, 3.63) is 24.2 Å². The molecule has 2 fully saturated rings. The Kier molecular flexibility index (Phi) is 3.27. The molecule has 19 heavy (non-hydrogen) atoms. The average Bonchev–Trinajstić information content (AvgIpc) is 3.18. The molecule has 2 aliphatic rings. The second kappa shape index (κ2) is 5.07. The molecule has 0 aromatic carbocycles. The van der Waals surface area contributed by atoms with Gasteiger partial charge in [0.05, 0.1) is 6.26 Å². The topological polar surface area (TPSA) is 53.8 Å². The van der Waals surface area contributed by atoms with Gasteiger partial charge in [-0.2, -0.15) is 0 Å². The first kappa shape index (κ1) is 12.3. The Bertz CT molecular complexity index is 465. The second-order valence-corrected chi connectivity index (χ2v) is 5.22. The molecule has 0 radical (unpaired) electrons. The molecule has 0 unspecified atom stereocenters. The van der Waals surface area contributed by atoms with E-state index in [0.29, 0.717) is 25.4 Å². The van der Waals surface area contributed by atoms with Gasteiger partial charge in [0.25, 0.3) is 5.91 Å². The van der Waals surface area contributed by atoms with E-state index in [1.165, 1.54) is 6.26 Å². The van der Waals surface area contributed by atoms with Gasteiger partial charge in [0, 0.05) is 32.1 Å². The summed E-state index contributed by atoms with van der Waals surface area (Å²) in [5.74, 6) is 0.826. The lowest BCUT2D eigenvalue weighted by atomic mass is 10.3. The first-order valence-corrected chi connectivity index (χ1v) is 6.87. The monoisotopic (exact) mass is 262 g/mol. The third-order valence-electron chi connectivity index (χ3n) is 3.75. The quantitative estimate of drug-likeness (QED) is 0.808. The molecule has 102 valence electrons. The largest absolute Gasteiger partial charge is 0.459 e. The van der Waals surface area contributed by atoms with Crippen molar-refractivity contribution in [2.45, 2.75) is 19.3 Å². The van der Waals surface area contributed by atoms with E-state index in [4.69, 9.17) is 4.42 Å². The summed E-state index contributed by atoms with van der Waals surface area (Å²) in [5, 5.41) is 0. The summed E-state index contributed by atoms with van der Waals surface area (Å²) < 4.78 is 5.14. The van der Waals surface area contributed by atoms with Crippen LogP contribution < -0.4 is 0 Å². The van der Waals surface area contributed by atoms with Gasteiger partial charge in [-0.1, -0.05) is 0 Å². The maximum absolute atomic E-state index is 12.2. The van der Waals surface area contributed by atoms with Crippen molar-refractivity contribution in [1.29, 1.82) is 0 Å². The molecule has 0 N–H and O–H groups in total. The third kappa shape index (κ3) is 2.64. The third-order valence-corrected chi connectivity index (χ3v) is 3.75. The molecule has 0 spiro atoms. The molecular formula is C14H18N2O3. The van der Waals surface area contributed by atoms with Crippen molar-refractivity contribution in [3.8, 4) is 0 Å². The van der Waals surface area contributed by atoms with E-state index >= 15 is 0 Å². The van der Waals surface area contributed by atoms with Gasteiger partial charge in [0.1, 0.15) is 0 Å². The van der Waals surface area contributed by atoms with Crippen LogP contribution in [-0.2, 0) is 4.79 Å². The summed E-state index contributed by atoms with van der Waals surface area (Å²) in [7, 11) is 0. The second-order valence-electron chi connectivity index (χ2n) is 5.22. The smallest absolute Gasteiger partial charge is 0.289 e. The number of carbonyl (C=O) groups excluding carboxylic acids is 2. The molecular weight excluding hydrogens is 244 g/mol. The van der Waals surface area contributed by atoms with E-state index in [2.05, 4.69) is 0 Å². The summed E-state index contributed by atoms with van der Waals surface area (Å²) in [6.45, 7) is 2.69. The lowest BCUT2D eigenvalue weighted by molar-refractivity contribution is -0.132. The fourth-order valence-electron chi connectivity index (χ4n) is 2.49. The van der Waals surface area contributed by atoms with Gasteiger partial charge < -0.3 is 14.2 Å². The van der Waals surface area contributed by atoms with E-state index in [9.17, 15) is 9.59 Å². The highest BCUT2D eigenvalue weighted by molar-refractivity contribution is 5.91. The zero-order chi connectivity index (χ0) is 13.2. The standard InChI is InChI=1S/C14H18N2O3/c17-13(11-4-5-11)15-6-2-7-16(9-8-15)14(18)12-3-1-10-19-12/h1,3,10-11H,2,4-9H2. The van der Waals surface area contributed by atoms with E-state index in [1.54, 1.807) is 17.0 Å². The number of hydrogen-bond donors (Lipinski definition) is 0. The van der Waals surface area contributed by atoms with Crippen LogP contribution in [0.5, 0.6) is 0 Å². The molecule has 5 nitrogen and oxygen atoms in total. The van der Waals surface area contributed by atoms with Crippen LogP contribution in [0.3, 0.4) is 0 Å². The molecule has 1 saturated carbocycles. The molecule has 2 heterocycles. The van der Waals surface area contributed by atoms with Gasteiger partial charge in [-0.05, 0) is 31.4 Å². The zero-order valence-corrected chi connectivity index (χ0v) is 10.9.